The third-order valence-corrected chi connectivity index (χ3v) is 4.62. The minimum Gasteiger partial charge on any atom is -0.504 e. The van der Waals surface area contributed by atoms with Crippen molar-refractivity contribution in [1.29, 1.82) is 0 Å². The number of carbonyl (C=O) groups is 1. The molecule has 0 fully saturated rings. The number of carbonyl (C=O) groups excluding carboxylic acids is 1. The maximum absolute atomic E-state index is 12.2. The van der Waals surface area contributed by atoms with Crippen molar-refractivity contribution in [2.24, 2.45) is 0 Å². The van der Waals surface area contributed by atoms with Gasteiger partial charge in [0.05, 0.1) is 27.8 Å². The van der Waals surface area contributed by atoms with Gasteiger partial charge in [0.2, 0.25) is 5.91 Å². The first-order valence-corrected chi connectivity index (χ1v) is 8.80. The highest BCUT2D eigenvalue weighted by atomic mass is 79.9. The van der Waals surface area contributed by atoms with Gasteiger partial charge >= 0.3 is 0 Å². The van der Waals surface area contributed by atoms with Crippen LogP contribution in [0.4, 0.5) is 0 Å². The van der Waals surface area contributed by atoms with E-state index in [-0.39, 0.29) is 18.1 Å². The highest BCUT2D eigenvalue weighted by Gasteiger charge is 2.12. The van der Waals surface area contributed by atoms with Crippen LogP contribution in [0.15, 0.2) is 34.8 Å². The zero-order valence-electron chi connectivity index (χ0n) is 15.0. The fourth-order valence-corrected chi connectivity index (χ4v) is 2.97. The van der Waals surface area contributed by atoms with Crippen LogP contribution in [-0.2, 0) is 17.6 Å². The van der Waals surface area contributed by atoms with E-state index < -0.39 is 0 Å². The first-order valence-electron chi connectivity index (χ1n) is 8.01. The number of ether oxygens (including phenoxy) is 3. The molecule has 0 saturated heterocycles. The Hall–Kier alpha value is -2.41. The fourth-order valence-electron chi connectivity index (χ4n) is 2.50. The van der Waals surface area contributed by atoms with Gasteiger partial charge in [0.25, 0.3) is 0 Å². The summed E-state index contributed by atoms with van der Waals surface area (Å²) < 4.78 is 16.2. The molecule has 1 amide bonds. The van der Waals surface area contributed by atoms with Crippen molar-refractivity contribution in [3.05, 3.63) is 45.9 Å². The van der Waals surface area contributed by atoms with E-state index in [2.05, 4.69) is 21.2 Å². The minimum absolute atomic E-state index is 0.00354. The normalized spacial score (nSPS) is 10.3. The predicted octanol–water partition coefficient (Wildman–Crippen LogP) is 3.08. The summed E-state index contributed by atoms with van der Waals surface area (Å²) in [5, 5.41) is 12.7. The maximum Gasteiger partial charge on any atom is 0.224 e. The number of amides is 1. The van der Waals surface area contributed by atoms with E-state index in [4.69, 9.17) is 14.2 Å². The Bertz CT molecular complexity index is 779. The summed E-state index contributed by atoms with van der Waals surface area (Å²) in [6.45, 7) is 0.494. The third-order valence-electron chi connectivity index (χ3n) is 3.88. The van der Waals surface area contributed by atoms with E-state index in [0.29, 0.717) is 40.3 Å². The standard InChI is InChI=1S/C19H22BrNO5/c1-24-16-5-4-12(8-18(16)26-3)6-7-21-19(23)10-13-9-15(22)17(25-2)11-14(13)20/h4-5,8-9,11,22H,6-7,10H2,1-3H3,(H,21,23). The van der Waals surface area contributed by atoms with Crippen molar-refractivity contribution in [2.45, 2.75) is 12.8 Å². The fraction of sp³-hybridized carbons (Fsp3) is 0.316. The summed E-state index contributed by atoms with van der Waals surface area (Å²) in [4.78, 5) is 12.2. The second-order valence-electron chi connectivity index (χ2n) is 5.58. The SMILES string of the molecule is COc1cc(Br)c(CC(=O)NCCc2ccc(OC)c(OC)c2)cc1O. The number of halogens is 1. The smallest absolute Gasteiger partial charge is 0.224 e. The highest BCUT2D eigenvalue weighted by molar-refractivity contribution is 9.10. The van der Waals surface area contributed by atoms with E-state index in [1.54, 1.807) is 20.3 Å². The molecular weight excluding hydrogens is 402 g/mol. The van der Waals surface area contributed by atoms with Crippen molar-refractivity contribution in [3.63, 3.8) is 0 Å². The Morgan fingerprint density at radius 1 is 1.04 bits per heavy atom. The molecular formula is C19H22BrNO5. The van der Waals surface area contributed by atoms with Crippen molar-refractivity contribution < 1.29 is 24.1 Å². The molecule has 0 aliphatic carbocycles. The molecule has 0 saturated carbocycles. The number of hydrogen-bond donors (Lipinski definition) is 2. The topological polar surface area (TPSA) is 77.0 Å². The molecule has 0 aliphatic rings. The Balaban J connectivity index is 1.91. The summed E-state index contributed by atoms with van der Waals surface area (Å²) in [6, 6.07) is 8.83. The molecule has 2 aromatic carbocycles. The Morgan fingerprint density at radius 3 is 2.38 bits per heavy atom. The van der Waals surface area contributed by atoms with E-state index in [1.165, 1.54) is 13.2 Å². The lowest BCUT2D eigenvalue weighted by Gasteiger charge is -2.11. The number of phenols is 1. The lowest BCUT2D eigenvalue weighted by atomic mass is 10.1. The van der Waals surface area contributed by atoms with Crippen LogP contribution in [-0.4, -0.2) is 38.9 Å². The van der Waals surface area contributed by atoms with Crippen LogP contribution >= 0.6 is 15.9 Å². The van der Waals surface area contributed by atoms with Gasteiger partial charge < -0.3 is 24.6 Å². The van der Waals surface area contributed by atoms with Gasteiger partial charge in [-0.3, -0.25) is 4.79 Å². The quantitative estimate of drug-likeness (QED) is 0.681. The van der Waals surface area contributed by atoms with Gasteiger partial charge in [-0.2, -0.15) is 0 Å². The highest BCUT2D eigenvalue weighted by Crippen LogP contribution is 2.32. The van der Waals surface area contributed by atoms with Crippen LogP contribution in [0.3, 0.4) is 0 Å². The molecule has 0 aliphatic heterocycles. The zero-order chi connectivity index (χ0) is 19.1. The van der Waals surface area contributed by atoms with Crippen molar-refractivity contribution >= 4 is 21.8 Å². The van der Waals surface area contributed by atoms with Gasteiger partial charge in [-0.05, 0) is 41.8 Å². The number of methoxy groups -OCH3 is 3. The molecule has 2 rings (SSSR count). The van der Waals surface area contributed by atoms with Crippen molar-refractivity contribution in [3.8, 4) is 23.0 Å². The summed E-state index contributed by atoms with van der Waals surface area (Å²) in [6.07, 6.45) is 0.825. The number of phenolic OH excluding ortho intramolecular Hbond substituents is 1. The summed E-state index contributed by atoms with van der Waals surface area (Å²) in [5.74, 6) is 1.56. The molecule has 0 radical (unpaired) electrons. The molecule has 6 nitrogen and oxygen atoms in total. The van der Waals surface area contributed by atoms with Crippen LogP contribution in [0, 0.1) is 0 Å². The molecule has 0 unspecified atom stereocenters. The van der Waals surface area contributed by atoms with Crippen LogP contribution in [0.5, 0.6) is 23.0 Å². The van der Waals surface area contributed by atoms with Crippen LogP contribution in [0.25, 0.3) is 0 Å². The number of nitrogens with one attached hydrogen (secondary N) is 1. The van der Waals surface area contributed by atoms with Gasteiger partial charge in [-0.1, -0.05) is 22.0 Å². The maximum atomic E-state index is 12.2. The molecule has 2 N–H and O–H groups in total. The molecule has 0 aromatic heterocycles. The van der Waals surface area contributed by atoms with E-state index >= 15 is 0 Å². The first kappa shape index (κ1) is 19.9. The van der Waals surface area contributed by atoms with Gasteiger partial charge in [-0.25, -0.2) is 0 Å². The average molecular weight is 424 g/mol. The molecule has 140 valence electrons. The van der Waals surface area contributed by atoms with Crippen LogP contribution in [0.2, 0.25) is 0 Å². The van der Waals surface area contributed by atoms with E-state index in [0.717, 1.165) is 5.56 Å². The molecule has 0 heterocycles. The molecule has 2 aromatic rings. The number of rotatable bonds is 8. The molecule has 0 atom stereocenters. The lowest BCUT2D eigenvalue weighted by Crippen LogP contribution is -2.27. The molecule has 26 heavy (non-hydrogen) atoms. The summed E-state index contributed by atoms with van der Waals surface area (Å²) in [7, 11) is 4.65. The van der Waals surface area contributed by atoms with Crippen LogP contribution in [0.1, 0.15) is 11.1 Å². The number of benzene rings is 2. The minimum atomic E-state index is -0.129. The Kier molecular flexibility index (Phi) is 7.15. The predicted molar refractivity (Wildman–Crippen MR) is 102 cm³/mol. The monoisotopic (exact) mass is 423 g/mol. The van der Waals surface area contributed by atoms with Gasteiger partial charge in [0.1, 0.15) is 0 Å². The Labute approximate surface area is 161 Å². The van der Waals surface area contributed by atoms with Crippen molar-refractivity contribution in [2.75, 3.05) is 27.9 Å². The lowest BCUT2D eigenvalue weighted by molar-refractivity contribution is -0.120. The largest absolute Gasteiger partial charge is 0.504 e. The van der Waals surface area contributed by atoms with Crippen LogP contribution < -0.4 is 19.5 Å². The van der Waals surface area contributed by atoms with E-state index in [9.17, 15) is 9.90 Å². The third kappa shape index (κ3) is 5.05. The second kappa shape index (κ2) is 9.33. The zero-order valence-corrected chi connectivity index (χ0v) is 16.6. The van der Waals surface area contributed by atoms with E-state index in [1.807, 2.05) is 18.2 Å². The summed E-state index contributed by atoms with van der Waals surface area (Å²) in [5.41, 5.74) is 1.72. The number of hydrogen-bond acceptors (Lipinski definition) is 5. The van der Waals surface area contributed by atoms with Gasteiger partial charge in [0.15, 0.2) is 23.0 Å². The second-order valence-corrected chi connectivity index (χ2v) is 6.44. The summed E-state index contributed by atoms with van der Waals surface area (Å²) >= 11 is 3.39. The molecule has 0 bridgehead atoms. The Morgan fingerprint density at radius 2 is 1.73 bits per heavy atom. The first-order chi connectivity index (χ1) is 12.5. The van der Waals surface area contributed by atoms with Gasteiger partial charge in [-0.15, -0.1) is 0 Å². The van der Waals surface area contributed by atoms with Crippen molar-refractivity contribution in [1.82, 2.24) is 5.32 Å². The molecule has 7 heteroatoms. The average Bonchev–Trinajstić information content (AvgIpc) is 2.64. The number of aromatic hydroxyl groups is 1. The van der Waals surface area contributed by atoms with Gasteiger partial charge in [0, 0.05) is 11.0 Å². The molecule has 0 spiro atoms.